The van der Waals surface area contributed by atoms with Crippen molar-refractivity contribution in [3.63, 3.8) is 0 Å². The smallest absolute Gasteiger partial charge is 0.145 e. The van der Waals surface area contributed by atoms with Gasteiger partial charge in [-0.2, -0.15) is 0 Å². The van der Waals surface area contributed by atoms with Crippen LogP contribution in [0.1, 0.15) is 51.8 Å². The largest absolute Gasteiger partial charge is 0.353 e. The monoisotopic (exact) mass is 263 g/mol. The second-order valence-electron chi connectivity index (χ2n) is 5.17. The maximum Gasteiger partial charge on any atom is 0.145 e. The van der Waals surface area contributed by atoms with Gasteiger partial charge in [0.15, 0.2) is 0 Å². The van der Waals surface area contributed by atoms with Crippen LogP contribution >= 0.6 is 0 Å². The lowest BCUT2D eigenvalue weighted by Crippen LogP contribution is -2.39. The van der Waals surface area contributed by atoms with Crippen LogP contribution in [-0.4, -0.2) is 22.6 Å². The molecule has 1 aliphatic heterocycles. The number of hydrogen-bond acceptors (Lipinski definition) is 5. The minimum Gasteiger partial charge on any atom is -0.353 e. The third kappa shape index (κ3) is 3.35. The summed E-state index contributed by atoms with van der Waals surface area (Å²) in [6, 6.07) is 2.57. The first-order valence-electron chi connectivity index (χ1n) is 7.39. The summed E-state index contributed by atoms with van der Waals surface area (Å²) >= 11 is 0. The van der Waals surface area contributed by atoms with E-state index in [0.29, 0.717) is 11.9 Å². The topological polar surface area (TPSA) is 67.1 Å². The molecule has 0 spiro atoms. The minimum atomic E-state index is 0.601. The van der Waals surface area contributed by atoms with Gasteiger partial charge >= 0.3 is 0 Å². The number of nitrogens with zero attached hydrogens (tertiary/aromatic N) is 3. The Morgan fingerprint density at radius 1 is 1.37 bits per heavy atom. The van der Waals surface area contributed by atoms with Crippen molar-refractivity contribution >= 4 is 11.6 Å². The normalized spacial score (nSPS) is 19.5. The van der Waals surface area contributed by atoms with E-state index >= 15 is 0 Å². The predicted molar refractivity (Wildman–Crippen MR) is 79.1 cm³/mol. The van der Waals surface area contributed by atoms with Crippen LogP contribution in [0.2, 0.25) is 0 Å². The van der Waals surface area contributed by atoms with Gasteiger partial charge in [-0.1, -0.05) is 13.8 Å². The van der Waals surface area contributed by atoms with E-state index in [0.717, 1.165) is 31.0 Å². The molecule has 1 aromatic rings. The Balaban J connectivity index is 2.28. The summed E-state index contributed by atoms with van der Waals surface area (Å²) in [5.74, 6) is 8.15. The Kier molecular flexibility index (Phi) is 4.96. The molecule has 0 radical (unpaired) electrons. The van der Waals surface area contributed by atoms with E-state index in [9.17, 15) is 0 Å². The maximum absolute atomic E-state index is 5.52. The number of anilines is 2. The molecule has 1 aromatic heterocycles. The molecule has 1 unspecified atom stereocenters. The highest BCUT2D eigenvalue weighted by Crippen LogP contribution is 2.26. The number of hydrogen-bond donors (Lipinski definition) is 2. The van der Waals surface area contributed by atoms with E-state index in [1.807, 2.05) is 6.07 Å². The fraction of sp³-hybridized carbons (Fsp3) is 0.714. The van der Waals surface area contributed by atoms with Gasteiger partial charge < -0.3 is 10.3 Å². The fourth-order valence-electron chi connectivity index (χ4n) is 2.77. The highest BCUT2D eigenvalue weighted by atomic mass is 15.3. The van der Waals surface area contributed by atoms with Gasteiger partial charge in [0.25, 0.3) is 0 Å². The van der Waals surface area contributed by atoms with Crippen LogP contribution in [-0.2, 0) is 6.42 Å². The highest BCUT2D eigenvalue weighted by molar-refractivity contribution is 5.50. The van der Waals surface area contributed by atoms with E-state index in [1.54, 1.807) is 0 Å². The second-order valence-corrected chi connectivity index (χ2v) is 5.17. The quantitative estimate of drug-likeness (QED) is 0.631. The zero-order chi connectivity index (χ0) is 13.7. The standard InChI is InChI=1S/C14H25N5/c1-3-7-12-16-13(18-15)10-14(17-12)19-9-6-5-8-11(19)4-2/h10-11H,3-9,15H2,1-2H3,(H,16,17,18). The first-order chi connectivity index (χ1) is 9.28. The lowest BCUT2D eigenvalue weighted by Gasteiger charge is -2.36. The summed E-state index contributed by atoms with van der Waals surface area (Å²) in [5, 5.41) is 0. The van der Waals surface area contributed by atoms with Crippen molar-refractivity contribution in [2.75, 3.05) is 16.9 Å². The van der Waals surface area contributed by atoms with Crippen molar-refractivity contribution in [1.82, 2.24) is 9.97 Å². The summed E-state index contributed by atoms with van der Waals surface area (Å²) in [6.45, 7) is 5.48. The van der Waals surface area contributed by atoms with Gasteiger partial charge in [-0.3, -0.25) is 0 Å². The number of rotatable bonds is 5. The van der Waals surface area contributed by atoms with Gasteiger partial charge in [-0.25, -0.2) is 15.8 Å². The zero-order valence-electron chi connectivity index (χ0n) is 12.0. The third-order valence-corrected chi connectivity index (χ3v) is 3.77. The molecule has 0 aromatic carbocycles. The van der Waals surface area contributed by atoms with E-state index in [-0.39, 0.29) is 0 Å². The summed E-state index contributed by atoms with van der Waals surface area (Å²) in [5.41, 5.74) is 2.66. The number of aryl methyl sites for hydroxylation is 1. The van der Waals surface area contributed by atoms with Crippen LogP contribution in [0.4, 0.5) is 11.6 Å². The number of piperidine rings is 1. The molecule has 19 heavy (non-hydrogen) atoms. The van der Waals surface area contributed by atoms with Crippen LogP contribution in [0.15, 0.2) is 6.07 Å². The molecular formula is C14H25N5. The SMILES string of the molecule is CCCc1nc(NN)cc(N2CCCCC2CC)n1. The molecule has 1 atom stereocenters. The lowest BCUT2D eigenvalue weighted by atomic mass is 10.00. The molecule has 0 bridgehead atoms. The molecule has 2 heterocycles. The number of nitrogens with two attached hydrogens (primary N) is 1. The second kappa shape index (κ2) is 6.70. The van der Waals surface area contributed by atoms with Crippen LogP contribution in [0.3, 0.4) is 0 Å². The van der Waals surface area contributed by atoms with Crippen molar-refractivity contribution in [3.8, 4) is 0 Å². The van der Waals surface area contributed by atoms with Crippen molar-refractivity contribution < 1.29 is 0 Å². The molecule has 1 aliphatic rings. The Hall–Kier alpha value is -1.36. The average Bonchev–Trinajstić information content (AvgIpc) is 2.47. The molecule has 3 N–H and O–H groups in total. The Morgan fingerprint density at radius 3 is 2.89 bits per heavy atom. The zero-order valence-corrected chi connectivity index (χ0v) is 12.0. The summed E-state index contributed by atoms with van der Waals surface area (Å²) in [6.07, 6.45) is 6.93. The van der Waals surface area contributed by atoms with Gasteiger partial charge in [0.2, 0.25) is 0 Å². The van der Waals surface area contributed by atoms with Gasteiger partial charge in [0.05, 0.1) is 0 Å². The van der Waals surface area contributed by atoms with E-state index < -0.39 is 0 Å². The molecule has 0 saturated carbocycles. The number of nitrogen functional groups attached to an aromatic ring is 1. The first kappa shape index (κ1) is 14.1. The van der Waals surface area contributed by atoms with E-state index in [4.69, 9.17) is 10.8 Å². The Bertz CT molecular complexity index is 407. The molecule has 106 valence electrons. The minimum absolute atomic E-state index is 0.601. The molecule has 2 rings (SSSR count). The number of hydrazine groups is 1. The summed E-state index contributed by atoms with van der Waals surface area (Å²) in [4.78, 5) is 11.5. The molecule has 0 aliphatic carbocycles. The van der Waals surface area contributed by atoms with Gasteiger partial charge in [-0.15, -0.1) is 0 Å². The van der Waals surface area contributed by atoms with E-state index in [2.05, 4.69) is 29.2 Å². The molecule has 1 saturated heterocycles. The molecular weight excluding hydrogens is 238 g/mol. The van der Waals surface area contributed by atoms with Crippen LogP contribution in [0, 0.1) is 0 Å². The van der Waals surface area contributed by atoms with Crippen LogP contribution < -0.4 is 16.2 Å². The molecule has 1 fully saturated rings. The van der Waals surface area contributed by atoms with Crippen molar-refractivity contribution in [2.24, 2.45) is 5.84 Å². The average molecular weight is 263 g/mol. The van der Waals surface area contributed by atoms with Crippen molar-refractivity contribution in [3.05, 3.63) is 11.9 Å². The Labute approximate surface area is 115 Å². The summed E-state index contributed by atoms with van der Waals surface area (Å²) in [7, 11) is 0. The van der Waals surface area contributed by atoms with Gasteiger partial charge in [0, 0.05) is 25.1 Å². The third-order valence-electron chi connectivity index (χ3n) is 3.77. The van der Waals surface area contributed by atoms with Gasteiger partial charge in [0.1, 0.15) is 17.5 Å². The first-order valence-corrected chi connectivity index (χ1v) is 7.39. The van der Waals surface area contributed by atoms with Crippen molar-refractivity contribution in [1.29, 1.82) is 0 Å². The van der Waals surface area contributed by atoms with Crippen LogP contribution in [0.5, 0.6) is 0 Å². The maximum atomic E-state index is 5.52. The Morgan fingerprint density at radius 2 is 2.21 bits per heavy atom. The van der Waals surface area contributed by atoms with E-state index in [1.165, 1.54) is 25.7 Å². The number of nitrogens with one attached hydrogen (secondary N) is 1. The molecule has 5 nitrogen and oxygen atoms in total. The molecule has 5 heteroatoms. The predicted octanol–water partition coefficient (Wildman–Crippen LogP) is 2.48. The summed E-state index contributed by atoms with van der Waals surface area (Å²) < 4.78 is 0. The van der Waals surface area contributed by atoms with Gasteiger partial charge in [-0.05, 0) is 32.1 Å². The van der Waals surface area contributed by atoms with Crippen LogP contribution in [0.25, 0.3) is 0 Å². The van der Waals surface area contributed by atoms with Crippen molar-refractivity contribution in [2.45, 2.75) is 58.4 Å². The fourth-order valence-corrected chi connectivity index (χ4v) is 2.77. The lowest BCUT2D eigenvalue weighted by molar-refractivity contribution is 0.446. The molecule has 0 amide bonds. The number of aromatic nitrogens is 2. The highest BCUT2D eigenvalue weighted by Gasteiger charge is 2.22.